The molecule has 108 valence electrons. The van der Waals surface area contributed by atoms with Crippen molar-refractivity contribution < 1.29 is 0 Å². The van der Waals surface area contributed by atoms with Gasteiger partial charge in [0.1, 0.15) is 0 Å². The topological polar surface area (TPSA) is 42.7 Å². The van der Waals surface area contributed by atoms with E-state index in [1.165, 1.54) is 0 Å². The second-order valence-corrected chi connectivity index (χ2v) is 6.79. The van der Waals surface area contributed by atoms with Gasteiger partial charge in [0.25, 0.3) is 0 Å². The predicted octanol–water partition coefficient (Wildman–Crippen LogP) is 4.61. The van der Waals surface area contributed by atoms with Gasteiger partial charge in [-0.3, -0.25) is 9.67 Å². The van der Waals surface area contributed by atoms with Gasteiger partial charge in [0.05, 0.1) is 29.3 Å². The molecule has 0 spiro atoms. The van der Waals surface area contributed by atoms with Gasteiger partial charge < -0.3 is 5.32 Å². The van der Waals surface area contributed by atoms with Crippen LogP contribution in [0.5, 0.6) is 0 Å². The number of nitrogens with zero attached hydrogens (tertiary/aromatic N) is 3. The minimum Gasteiger partial charge on any atom is -0.376 e. The molecule has 2 aromatic heterocycles. The summed E-state index contributed by atoms with van der Waals surface area (Å²) in [6.07, 6.45) is 1.80. The quantitative estimate of drug-likeness (QED) is 0.813. The summed E-state index contributed by atoms with van der Waals surface area (Å²) >= 11 is 6.94. The average molecular weight is 402 g/mol. The second kappa shape index (κ2) is 6.26. The Morgan fingerprint density at radius 2 is 2.00 bits per heavy atom. The third kappa shape index (κ3) is 3.23. The van der Waals surface area contributed by atoms with Gasteiger partial charge in [-0.2, -0.15) is 5.10 Å². The minimum absolute atomic E-state index is 0.363. The van der Waals surface area contributed by atoms with E-state index in [4.69, 9.17) is 0 Å². The summed E-state index contributed by atoms with van der Waals surface area (Å²) < 4.78 is 4.00. The SMILES string of the molecule is Cc1nn(C(C)C)c(C)c1NCc1ncc(Br)cc1Br. The van der Waals surface area contributed by atoms with Crippen molar-refractivity contribution in [1.82, 2.24) is 14.8 Å². The van der Waals surface area contributed by atoms with Gasteiger partial charge >= 0.3 is 0 Å². The summed E-state index contributed by atoms with van der Waals surface area (Å²) in [7, 11) is 0. The molecular weight excluding hydrogens is 384 g/mol. The van der Waals surface area contributed by atoms with Crippen molar-refractivity contribution in [1.29, 1.82) is 0 Å². The summed E-state index contributed by atoms with van der Waals surface area (Å²) in [5, 5.41) is 8.01. The third-order valence-electron chi connectivity index (χ3n) is 3.13. The maximum absolute atomic E-state index is 4.57. The molecule has 2 aromatic rings. The number of aryl methyl sites for hydroxylation is 1. The summed E-state index contributed by atoms with van der Waals surface area (Å²) in [5.41, 5.74) is 4.25. The molecule has 0 unspecified atom stereocenters. The molecule has 6 heteroatoms. The summed E-state index contributed by atoms with van der Waals surface area (Å²) in [6, 6.07) is 2.36. The van der Waals surface area contributed by atoms with Crippen LogP contribution >= 0.6 is 31.9 Å². The Kier molecular flexibility index (Phi) is 4.86. The maximum Gasteiger partial charge on any atom is 0.0828 e. The lowest BCUT2D eigenvalue weighted by atomic mass is 10.3. The van der Waals surface area contributed by atoms with Crippen LogP contribution in [-0.4, -0.2) is 14.8 Å². The van der Waals surface area contributed by atoms with Crippen LogP contribution in [0.15, 0.2) is 21.2 Å². The first kappa shape index (κ1) is 15.5. The lowest BCUT2D eigenvalue weighted by Gasteiger charge is -2.10. The molecule has 0 radical (unpaired) electrons. The van der Waals surface area contributed by atoms with Gasteiger partial charge in [-0.05, 0) is 65.6 Å². The van der Waals surface area contributed by atoms with Gasteiger partial charge in [-0.1, -0.05) is 0 Å². The van der Waals surface area contributed by atoms with E-state index < -0.39 is 0 Å². The van der Waals surface area contributed by atoms with E-state index >= 15 is 0 Å². The van der Waals surface area contributed by atoms with E-state index in [9.17, 15) is 0 Å². The van der Waals surface area contributed by atoms with Crippen LogP contribution in [0, 0.1) is 13.8 Å². The standard InChI is InChI=1S/C14H18Br2N4/c1-8(2)20-10(4)14(9(3)19-20)18-7-13-12(16)5-11(15)6-17-13/h5-6,8,18H,7H2,1-4H3. The number of halogens is 2. The van der Waals surface area contributed by atoms with Crippen LogP contribution in [0.4, 0.5) is 5.69 Å². The van der Waals surface area contributed by atoms with Crippen molar-refractivity contribution in [3.05, 3.63) is 38.3 Å². The highest BCUT2D eigenvalue weighted by Gasteiger charge is 2.13. The molecule has 0 atom stereocenters. The van der Waals surface area contributed by atoms with Crippen LogP contribution in [-0.2, 0) is 6.54 Å². The molecule has 1 N–H and O–H groups in total. The van der Waals surface area contributed by atoms with Crippen LogP contribution < -0.4 is 5.32 Å². The Balaban J connectivity index is 2.19. The monoisotopic (exact) mass is 400 g/mol. The molecule has 0 aromatic carbocycles. The van der Waals surface area contributed by atoms with Crippen molar-refractivity contribution in [3.8, 4) is 0 Å². The zero-order valence-electron chi connectivity index (χ0n) is 12.0. The minimum atomic E-state index is 0.363. The van der Waals surface area contributed by atoms with E-state index in [1.54, 1.807) is 6.20 Å². The Morgan fingerprint density at radius 1 is 1.30 bits per heavy atom. The van der Waals surface area contributed by atoms with Crippen LogP contribution in [0.2, 0.25) is 0 Å². The lowest BCUT2D eigenvalue weighted by molar-refractivity contribution is 0.516. The van der Waals surface area contributed by atoms with Crippen LogP contribution in [0.1, 0.15) is 37.0 Å². The van der Waals surface area contributed by atoms with E-state index in [2.05, 4.69) is 68.0 Å². The Hall–Kier alpha value is -0.880. The number of nitrogens with one attached hydrogen (secondary N) is 1. The largest absolute Gasteiger partial charge is 0.376 e. The van der Waals surface area contributed by atoms with E-state index in [0.29, 0.717) is 12.6 Å². The first-order valence-corrected chi connectivity index (χ1v) is 8.08. The van der Waals surface area contributed by atoms with Crippen LogP contribution in [0.3, 0.4) is 0 Å². The van der Waals surface area contributed by atoms with Crippen molar-refractivity contribution >= 4 is 37.5 Å². The predicted molar refractivity (Wildman–Crippen MR) is 89.0 cm³/mol. The fraction of sp³-hybridized carbons (Fsp3) is 0.429. The Bertz CT molecular complexity index is 620. The fourth-order valence-electron chi connectivity index (χ4n) is 2.17. The number of aromatic nitrogens is 3. The molecule has 0 fully saturated rings. The molecule has 0 saturated heterocycles. The summed E-state index contributed by atoms with van der Waals surface area (Å²) in [5.74, 6) is 0. The zero-order chi connectivity index (χ0) is 14.9. The molecule has 0 aliphatic heterocycles. The van der Waals surface area contributed by atoms with E-state index in [1.807, 2.05) is 17.7 Å². The molecule has 0 amide bonds. The Morgan fingerprint density at radius 3 is 2.55 bits per heavy atom. The molecule has 0 aliphatic rings. The van der Waals surface area contributed by atoms with Gasteiger partial charge in [0.2, 0.25) is 0 Å². The van der Waals surface area contributed by atoms with Gasteiger partial charge in [-0.25, -0.2) is 0 Å². The molecule has 20 heavy (non-hydrogen) atoms. The number of anilines is 1. The highest BCUT2D eigenvalue weighted by atomic mass is 79.9. The molecule has 2 heterocycles. The zero-order valence-corrected chi connectivity index (χ0v) is 15.2. The van der Waals surface area contributed by atoms with Gasteiger partial charge in [-0.15, -0.1) is 0 Å². The number of hydrogen-bond acceptors (Lipinski definition) is 3. The highest BCUT2D eigenvalue weighted by molar-refractivity contribution is 9.11. The third-order valence-corrected chi connectivity index (χ3v) is 4.25. The molecule has 0 saturated carbocycles. The van der Waals surface area contributed by atoms with E-state index in [0.717, 1.165) is 31.7 Å². The normalized spacial score (nSPS) is 11.2. The smallest absolute Gasteiger partial charge is 0.0828 e. The molecule has 0 aliphatic carbocycles. The molecule has 2 rings (SSSR count). The van der Waals surface area contributed by atoms with E-state index in [-0.39, 0.29) is 0 Å². The van der Waals surface area contributed by atoms with Crippen molar-refractivity contribution in [2.75, 3.05) is 5.32 Å². The van der Waals surface area contributed by atoms with Crippen molar-refractivity contribution in [3.63, 3.8) is 0 Å². The molecular formula is C14H18Br2N4. The number of hydrogen-bond donors (Lipinski definition) is 1. The molecule has 0 bridgehead atoms. The van der Waals surface area contributed by atoms with Crippen molar-refractivity contribution in [2.45, 2.75) is 40.3 Å². The summed E-state index contributed by atoms with van der Waals surface area (Å²) in [6.45, 7) is 9.05. The number of rotatable bonds is 4. The van der Waals surface area contributed by atoms with Gasteiger partial charge in [0, 0.05) is 21.2 Å². The van der Waals surface area contributed by atoms with Gasteiger partial charge in [0.15, 0.2) is 0 Å². The number of pyridine rings is 1. The highest BCUT2D eigenvalue weighted by Crippen LogP contribution is 2.25. The summed E-state index contributed by atoms with van der Waals surface area (Å²) in [4.78, 5) is 4.41. The lowest BCUT2D eigenvalue weighted by Crippen LogP contribution is -2.07. The second-order valence-electron chi connectivity index (χ2n) is 5.02. The van der Waals surface area contributed by atoms with Crippen LogP contribution in [0.25, 0.3) is 0 Å². The first-order valence-electron chi connectivity index (χ1n) is 6.49. The Labute approximate surface area is 136 Å². The first-order chi connectivity index (χ1) is 9.40. The fourth-order valence-corrected chi connectivity index (χ4v) is 3.29. The molecule has 4 nitrogen and oxygen atoms in total. The maximum atomic E-state index is 4.57. The van der Waals surface area contributed by atoms with Crippen molar-refractivity contribution in [2.24, 2.45) is 0 Å². The average Bonchev–Trinajstić information content (AvgIpc) is 2.65.